The van der Waals surface area contributed by atoms with Gasteiger partial charge in [-0.1, -0.05) is 158 Å². The predicted molar refractivity (Wildman–Crippen MR) is 215 cm³/mol. The molecular weight excluding hydrogens is 639 g/mol. The molecule has 0 N–H and O–H groups in total. The Balaban J connectivity index is 1.15. The number of hydrogen-bond acceptors (Lipinski definition) is 4. The fourth-order valence-corrected chi connectivity index (χ4v) is 8.53. The van der Waals surface area contributed by atoms with E-state index in [-0.39, 0.29) is 0 Å². The van der Waals surface area contributed by atoms with Crippen LogP contribution in [0.3, 0.4) is 0 Å². The van der Waals surface area contributed by atoms with E-state index in [4.69, 9.17) is 15.0 Å². The number of nitrogens with zero attached hydrogens (tertiary/aromatic N) is 3. The van der Waals surface area contributed by atoms with Gasteiger partial charge in [0.2, 0.25) is 0 Å². The van der Waals surface area contributed by atoms with Gasteiger partial charge in [0, 0.05) is 47.8 Å². The van der Waals surface area contributed by atoms with Crippen LogP contribution in [0.4, 0.5) is 0 Å². The van der Waals surface area contributed by atoms with E-state index in [9.17, 15) is 0 Å². The first-order valence-electron chi connectivity index (χ1n) is 17.1. The summed E-state index contributed by atoms with van der Waals surface area (Å²) in [5.74, 6) is 0.713. The summed E-state index contributed by atoms with van der Waals surface area (Å²) >= 11 is 1.86. The molecule has 3 heterocycles. The van der Waals surface area contributed by atoms with E-state index in [2.05, 4.69) is 140 Å². The first-order chi connectivity index (χ1) is 25.3. The molecule has 0 saturated carbocycles. The summed E-state index contributed by atoms with van der Waals surface area (Å²) in [6.45, 7) is 0. The largest absolute Gasteiger partial charge is 0.247 e. The number of fused-ring (bicyclic) bond motifs is 6. The quantitative estimate of drug-likeness (QED) is 0.183. The molecule has 3 nitrogen and oxygen atoms in total. The van der Waals surface area contributed by atoms with Crippen molar-refractivity contribution < 1.29 is 0 Å². The monoisotopic (exact) mass is 667 g/mol. The third-order valence-corrected chi connectivity index (χ3v) is 10.9. The molecule has 4 heteroatoms. The zero-order valence-electron chi connectivity index (χ0n) is 27.5. The van der Waals surface area contributed by atoms with Gasteiger partial charge in [0.05, 0.1) is 22.6 Å². The minimum Gasteiger partial charge on any atom is -0.247 e. The Hall–Kier alpha value is -6.49. The fraction of sp³-hybridized carbons (Fsp3) is 0. The zero-order valence-corrected chi connectivity index (χ0v) is 28.3. The highest BCUT2D eigenvalue weighted by atomic mass is 32.1. The van der Waals surface area contributed by atoms with Crippen LogP contribution in [-0.2, 0) is 0 Å². The van der Waals surface area contributed by atoms with Gasteiger partial charge < -0.3 is 0 Å². The van der Waals surface area contributed by atoms with Gasteiger partial charge in [0.15, 0.2) is 5.82 Å². The van der Waals surface area contributed by atoms with E-state index >= 15 is 0 Å². The lowest BCUT2D eigenvalue weighted by Gasteiger charge is -2.13. The van der Waals surface area contributed by atoms with Crippen molar-refractivity contribution in [3.8, 4) is 56.3 Å². The van der Waals surface area contributed by atoms with E-state index in [1.807, 2.05) is 47.7 Å². The average Bonchev–Trinajstić information content (AvgIpc) is 3.61. The second-order valence-electron chi connectivity index (χ2n) is 12.8. The third-order valence-electron chi connectivity index (χ3n) is 9.70. The van der Waals surface area contributed by atoms with Gasteiger partial charge in [-0.15, -0.1) is 11.3 Å². The van der Waals surface area contributed by atoms with Crippen molar-refractivity contribution in [3.05, 3.63) is 176 Å². The van der Waals surface area contributed by atoms with Gasteiger partial charge in [-0.3, -0.25) is 0 Å². The van der Waals surface area contributed by atoms with Crippen molar-refractivity contribution in [3.63, 3.8) is 0 Å². The normalized spacial score (nSPS) is 11.5. The zero-order chi connectivity index (χ0) is 33.7. The van der Waals surface area contributed by atoms with Crippen LogP contribution in [0.2, 0.25) is 0 Å². The molecule has 0 fully saturated rings. The van der Waals surface area contributed by atoms with Crippen LogP contribution >= 0.6 is 11.3 Å². The van der Waals surface area contributed by atoms with Crippen molar-refractivity contribution in [2.45, 2.75) is 0 Å². The SMILES string of the molecule is c1ccc(-c2cc(-c3ccc(-c4cccc5nc(-c6cccc7ccccc67)c6c7ccccc7sc6c45)cc3)nc(-c3ccccc3)n2)cc1. The summed E-state index contributed by atoms with van der Waals surface area (Å²) in [6.07, 6.45) is 0. The van der Waals surface area contributed by atoms with Gasteiger partial charge in [-0.2, -0.15) is 0 Å². The second kappa shape index (κ2) is 12.1. The number of hydrogen-bond donors (Lipinski definition) is 0. The van der Waals surface area contributed by atoms with Crippen LogP contribution < -0.4 is 0 Å². The smallest absolute Gasteiger partial charge is 0.160 e. The molecule has 0 aliphatic heterocycles. The third kappa shape index (κ3) is 5.08. The van der Waals surface area contributed by atoms with E-state index in [1.165, 1.54) is 41.9 Å². The van der Waals surface area contributed by atoms with Crippen molar-refractivity contribution in [2.24, 2.45) is 0 Å². The lowest BCUT2D eigenvalue weighted by atomic mass is 9.94. The first kappa shape index (κ1) is 29.4. The van der Waals surface area contributed by atoms with Crippen LogP contribution in [0.1, 0.15) is 0 Å². The summed E-state index contributed by atoms with van der Waals surface area (Å²) in [5.41, 5.74) is 10.4. The number of rotatable bonds is 5. The number of thiophene rings is 1. The van der Waals surface area contributed by atoms with Gasteiger partial charge in [-0.25, -0.2) is 15.0 Å². The van der Waals surface area contributed by atoms with Gasteiger partial charge >= 0.3 is 0 Å². The van der Waals surface area contributed by atoms with Crippen LogP contribution in [0.25, 0.3) is 98.1 Å². The number of benzene rings is 7. The Morgan fingerprint density at radius 1 is 0.392 bits per heavy atom. The van der Waals surface area contributed by atoms with E-state index < -0.39 is 0 Å². The highest BCUT2D eigenvalue weighted by molar-refractivity contribution is 7.26. The molecule has 7 aromatic carbocycles. The topological polar surface area (TPSA) is 38.7 Å². The van der Waals surface area contributed by atoms with Crippen molar-refractivity contribution >= 4 is 53.2 Å². The molecular formula is C47H29N3S. The molecule has 10 aromatic rings. The summed E-state index contributed by atoms with van der Waals surface area (Å²) in [6, 6.07) is 61.8. The molecule has 0 saturated heterocycles. The average molecular weight is 668 g/mol. The van der Waals surface area contributed by atoms with Crippen molar-refractivity contribution in [1.82, 2.24) is 15.0 Å². The summed E-state index contributed by atoms with van der Waals surface area (Å²) < 4.78 is 2.53. The van der Waals surface area contributed by atoms with Crippen LogP contribution in [0, 0.1) is 0 Å². The van der Waals surface area contributed by atoms with Crippen molar-refractivity contribution in [2.75, 3.05) is 0 Å². The summed E-state index contributed by atoms with van der Waals surface area (Å²) in [4.78, 5) is 15.5. The first-order valence-corrected chi connectivity index (χ1v) is 17.9. The Morgan fingerprint density at radius 2 is 0.980 bits per heavy atom. The standard InChI is InChI=1S/C47H29N3S/c1-3-14-32(15-4-1)40-29-41(50-47(49-40)34-16-5-2-6-17-34)33-27-25-31(26-28-33)36-21-12-23-39-43(36)46-44(38-20-9-10-24-42(38)51-46)45(48-39)37-22-11-18-30-13-7-8-19-35(30)37/h1-29H. The molecule has 0 aliphatic carbocycles. The molecule has 0 unspecified atom stereocenters. The maximum absolute atomic E-state index is 5.46. The molecule has 0 spiro atoms. The highest BCUT2D eigenvalue weighted by Crippen LogP contribution is 2.46. The number of aromatic nitrogens is 3. The maximum Gasteiger partial charge on any atom is 0.160 e. The molecule has 51 heavy (non-hydrogen) atoms. The maximum atomic E-state index is 5.46. The van der Waals surface area contributed by atoms with Crippen molar-refractivity contribution in [1.29, 1.82) is 0 Å². The Labute approximate surface area is 299 Å². The Kier molecular flexibility index (Phi) is 7.00. The van der Waals surface area contributed by atoms with E-state index in [1.54, 1.807) is 0 Å². The Bertz CT molecular complexity index is 2830. The lowest BCUT2D eigenvalue weighted by molar-refractivity contribution is 1.18. The lowest BCUT2D eigenvalue weighted by Crippen LogP contribution is -1.96. The van der Waals surface area contributed by atoms with E-state index in [0.717, 1.165) is 50.4 Å². The molecule has 0 bridgehead atoms. The fourth-order valence-electron chi connectivity index (χ4n) is 7.26. The second-order valence-corrected chi connectivity index (χ2v) is 13.8. The Morgan fingerprint density at radius 3 is 1.76 bits per heavy atom. The van der Waals surface area contributed by atoms with Gasteiger partial charge in [0.25, 0.3) is 0 Å². The highest BCUT2D eigenvalue weighted by Gasteiger charge is 2.20. The van der Waals surface area contributed by atoms with Gasteiger partial charge in [0.1, 0.15) is 0 Å². The van der Waals surface area contributed by atoms with Crippen LogP contribution in [0.15, 0.2) is 176 Å². The molecule has 238 valence electrons. The predicted octanol–water partition coefficient (Wildman–Crippen LogP) is 12.9. The molecule has 0 radical (unpaired) electrons. The molecule has 0 atom stereocenters. The molecule has 10 rings (SSSR count). The van der Waals surface area contributed by atoms with Gasteiger partial charge in [-0.05, 0) is 40.1 Å². The summed E-state index contributed by atoms with van der Waals surface area (Å²) in [5, 5.41) is 6.07. The number of pyridine rings is 1. The van der Waals surface area contributed by atoms with Crippen LogP contribution in [-0.4, -0.2) is 15.0 Å². The molecule has 0 aliphatic rings. The minimum atomic E-state index is 0.713. The molecule has 3 aromatic heterocycles. The summed E-state index contributed by atoms with van der Waals surface area (Å²) in [7, 11) is 0. The van der Waals surface area contributed by atoms with E-state index in [0.29, 0.717) is 5.82 Å². The minimum absolute atomic E-state index is 0.713. The van der Waals surface area contributed by atoms with Crippen LogP contribution in [0.5, 0.6) is 0 Å². The molecule has 0 amide bonds.